The molecule has 1 aliphatic heterocycles. The minimum absolute atomic E-state index is 0.0273. The third-order valence-corrected chi connectivity index (χ3v) is 7.08. The van der Waals surface area contributed by atoms with Gasteiger partial charge in [0.15, 0.2) is 0 Å². The molecule has 3 nitrogen and oxygen atoms in total. The molecule has 0 spiro atoms. The summed E-state index contributed by atoms with van der Waals surface area (Å²) in [5, 5.41) is 11.0. The Morgan fingerprint density at radius 3 is 2.64 bits per heavy atom. The maximum Gasteiger partial charge on any atom is 0.127 e. The van der Waals surface area contributed by atoms with Crippen molar-refractivity contribution in [2.24, 2.45) is 11.7 Å². The number of allylic oxidation sites excluding steroid dienone is 1. The first kappa shape index (κ1) is 21.2. The van der Waals surface area contributed by atoms with Crippen LogP contribution in [-0.2, 0) is 5.41 Å². The van der Waals surface area contributed by atoms with Gasteiger partial charge < -0.3 is 15.6 Å². The van der Waals surface area contributed by atoms with Gasteiger partial charge in [0.2, 0.25) is 0 Å². The molecule has 0 unspecified atom stereocenters. The van der Waals surface area contributed by atoms with E-state index in [0.717, 1.165) is 30.6 Å². The highest BCUT2D eigenvalue weighted by Crippen LogP contribution is 2.54. The summed E-state index contributed by atoms with van der Waals surface area (Å²) in [6.45, 7) is 11.8. The van der Waals surface area contributed by atoms with Crippen LogP contribution in [0.4, 0.5) is 0 Å². The van der Waals surface area contributed by atoms with E-state index >= 15 is 0 Å². The van der Waals surface area contributed by atoms with E-state index in [2.05, 4.69) is 46.8 Å². The molecule has 3 N–H and O–H groups in total. The van der Waals surface area contributed by atoms with Crippen LogP contribution in [0.2, 0.25) is 0 Å². The van der Waals surface area contributed by atoms with Crippen molar-refractivity contribution in [3.8, 4) is 11.5 Å². The van der Waals surface area contributed by atoms with Crippen LogP contribution in [0.5, 0.6) is 11.5 Å². The van der Waals surface area contributed by atoms with Crippen molar-refractivity contribution in [1.29, 1.82) is 0 Å². The van der Waals surface area contributed by atoms with E-state index in [0.29, 0.717) is 18.2 Å². The van der Waals surface area contributed by atoms with E-state index in [1.54, 1.807) is 0 Å². The molecule has 0 aromatic heterocycles. The van der Waals surface area contributed by atoms with Crippen molar-refractivity contribution >= 4 is 0 Å². The average Bonchev–Trinajstić information content (AvgIpc) is 2.63. The molecule has 0 amide bonds. The lowest BCUT2D eigenvalue weighted by Crippen LogP contribution is -2.45. The zero-order valence-corrected chi connectivity index (χ0v) is 18.5. The summed E-state index contributed by atoms with van der Waals surface area (Å²) >= 11 is 0. The molecule has 2 aliphatic rings. The number of phenolic OH excluding ortho intramolecular Hbond substituents is 1. The summed E-state index contributed by atoms with van der Waals surface area (Å²) in [6.07, 6.45) is 10.3. The first-order valence-electron chi connectivity index (χ1n) is 11.1. The van der Waals surface area contributed by atoms with Crippen molar-refractivity contribution in [1.82, 2.24) is 0 Å². The van der Waals surface area contributed by atoms with Crippen molar-refractivity contribution in [2.45, 2.75) is 96.5 Å². The van der Waals surface area contributed by atoms with Crippen LogP contribution < -0.4 is 10.5 Å². The summed E-state index contributed by atoms with van der Waals surface area (Å²) < 4.78 is 6.50. The zero-order valence-electron chi connectivity index (χ0n) is 18.5. The van der Waals surface area contributed by atoms with Crippen LogP contribution in [0.1, 0.15) is 96.6 Å². The Morgan fingerprint density at radius 2 is 1.96 bits per heavy atom. The number of rotatable bonds is 7. The van der Waals surface area contributed by atoms with E-state index in [-0.39, 0.29) is 16.9 Å². The number of nitrogens with two attached hydrogens (primary N) is 1. The molecule has 3 rings (SSSR count). The SMILES string of the molecule is CCCCCCC(C)(C)c1cc(O)c2c(c1)OC(C)(C)[C@H]1CC=C(CN)C[C@H]21. The Hall–Kier alpha value is -1.48. The normalized spacial score (nSPS) is 23.4. The van der Waals surface area contributed by atoms with E-state index in [1.165, 1.54) is 36.8 Å². The predicted octanol–water partition coefficient (Wildman–Crippen LogP) is 6.19. The number of fused-ring (bicyclic) bond motifs is 3. The van der Waals surface area contributed by atoms with Crippen molar-refractivity contribution in [3.63, 3.8) is 0 Å². The number of hydrogen-bond acceptors (Lipinski definition) is 3. The van der Waals surface area contributed by atoms with Crippen LogP contribution in [-0.4, -0.2) is 17.3 Å². The smallest absolute Gasteiger partial charge is 0.127 e. The van der Waals surface area contributed by atoms with Crippen LogP contribution in [0.3, 0.4) is 0 Å². The van der Waals surface area contributed by atoms with Gasteiger partial charge >= 0.3 is 0 Å². The van der Waals surface area contributed by atoms with Gasteiger partial charge in [-0.05, 0) is 56.2 Å². The first-order valence-corrected chi connectivity index (χ1v) is 11.1. The maximum absolute atomic E-state index is 11.0. The van der Waals surface area contributed by atoms with Gasteiger partial charge in [0.25, 0.3) is 0 Å². The van der Waals surface area contributed by atoms with Gasteiger partial charge in [0, 0.05) is 23.9 Å². The highest BCUT2D eigenvalue weighted by molar-refractivity contribution is 5.54. The third kappa shape index (κ3) is 4.10. The second kappa shape index (κ2) is 8.10. The second-order valence-corrected chi connectivity index (χ2v) is 10.0. The zero-order chi connectivity index (χ0) is 20.5. The molecule has 1 heterocycles. The number of ether oxygens (including phenoxy) is 1. The summed E-state index contributed by atoms with van der Waals surface area (Å²) in [5.41, 5.74) is 9.19. The van der Waals surface area contributed by atoms with Gasteiger partial charge in [0.05, 0.1) is 0 Å². The monoisotopic (exact) mass is 385 g/mol. The standard InChI is InChI=1S/C25H39NO2/c1-6-7-8-9-12-24(2,3)18-14-21(27)23-19-13-17(16-26)10-11-20(19)25(4,5)28-22(23)15-18/h10,14-15,19-20,27H,6-9,11-13,16,26H2,1-5H3/t19-,20-/m0/s1. The van der Waals surface area contributed by atoms with Gasteiger partial charge in [-0.25, -0.2) is 0 Å². The Balaban J connectivity index is 1.93. The van der Waals surface area contributed by atoms with E-state index in [1.807, 2.05) is 6.07 Å². The quantitative estimate of drug-likeness (QED) is 0.434. The largest absolute Gasteiger partial charge is 0.508 e. The minimum atomic E-state index is -0.245. The lowest BCUT2D eigenvalue weighted by molar-refractivity contribution is 0.00731. The molecule has 1 aromatic rings. The Morgan fingerprint density at radius 1 is 1.21 bits per heavy atom. The fourth-order valence-electron chi connectivity index (χ4n) is 5.16. The molecule has 0 saturated heterocycles. The molecule has 0 fully saturated rings. The predicted molar refractivity (Wildman–Crippen MR) is 117 cm³/mol. The van der Waals surface area contributed by atoms with Crippen LogP contribution in [0.25, 0.3) is 0 Å². The molecular weight excluding hydrogens is 346 g/mol. The topological polar surface area (TPSA) is 55.5 Å². The lowest BCUT2D eigenvalue weighted by atomic mass is 9.66. The first-order chi connectivity index (χ1) is 13.2. The van der Waals surface area contributed by atoms with Gasteiger partial charge in [0.1, 0.15) is 17.1 Å². The van der Waals surface area contributed by atoms with E-state index < -0.39 is 0 Å². The molecule has 1 aromatic carbocycles. The molecule has 0 saturated carbocycles. The molecule has 2 atom stereocenters. The van der Waals surface area contributed by atoms with Crippen LogP contribution in [0, 0.1) is 5.92 Å². The van der Waals surface area contributed by atoms with Crippen molar-refractivity contribution < 1.29 is 9.84 Å². The minimum Gasteiger partial charge on any atom is -0.508 e. The molecule has 28 heavy (non-hydrogen) atoms. The molecule has 0 bridgehead atoms. The van der Waals surface area contributed by atoms with Crippen molar-refractivity contribution in [2.75, 3.05) is 6.54 Å². The van der Waals surface area contributed by atoms with Crippen LogP contribution >= 0.6 is 0 Å². The molecule has 156 valence electrons. The highest BCUT2D eigenvalue weighted by atomic mass is 16.5. The second-order valence-electron chi connectivity index (χ2n) is 10.0. The van der Waals surface area contributed by atoms with E-state index in [9.17, 15) is 5.11 Å². The van der Waals surface area contributed by atoms with Gasteiger partial charge in [-0.1, -0.05) is 58.1 Å². The average molecular weight is 386 g/mol. The maximum atomic E-state index is 11.0. The summed E-state index contributed by atoms with van der Waals surface area (Å²) in [5.74, 6) is 1.93. The summed E-state index contributed by atoms with van der Waals surface area (Å²) in [7, 11) is 0. The summed E-state index contributed by atoms with van der Waals surface area (Å²) in [6, 6.07) is 4.20. The Kier molecular flexibility index (Phi) is 6.14. The fraction of sp³-hybridized carbons (Fsp3) is 0.680. The van der Waals surface area contributed by atoms with Gasteiger partial charge in [-0.15, -0.1) is 0 Å². The Bertz CT molecular complexity index is 732. The lowest BCUT2D eigenvalue weighted by Gasteiger charge is -2.47. The molecule has 3 heteroatoms. The van der Waals surface area contributed by atoms with E-state index in [4.69, 9.17) is 10.5 Å². The Labute approximate surface area is 171 Å². The number of aromatic hydroxyl groups is 1. The third-order valence-electron chi connectivity index (χ3n) is 7.08. The number of hydrogen-bond donors (Lipinski definition) is 2. The summed E-state index contributed by atoms with van der Waals surface area (Å²) in [4.78, 5) is 0. The molecule has 0 radical (unpaired) electrons. The molecule has 1 aliphatic carbocycles. The number of unbranched alkanes of at least 4 members (excludes halogenated alkanes) is 3. The van der Waals surface area contributed by atoms with Crippen molar-refractivity contribution in [3.05, 3.63) is 34.9 Å². The molecular formula is C25H39NO2. The number of phenols is 1. The number of benzene rings is 1. The fourth-order valence-corrected chi connectivity index (χ4v) is 5.16. The van der Waals surface area contributed by atoms with Crippen LogP contribution in [0.15, 0.2) is 23.8 Å². The van der Waals surface area contributed by atoms with Gasteiger partial charge in [-0.2, -0.15) is 0 Å². The highest BCUT2D eigenvalue weighted by Gasteiger charge is 2.46. The van der Waals surface area contributed by atoms with Gasteiger partial charge in [-0.3, -0.25) is 0 Å².